The van der Waals surface area contributed by atoms with Crippen LogP contribution >= 0.6 is 0 Å². The molecule has 2 N–H and O–H groups in total. The van der Waals surface area contributed by atoms with Gasteiger partial charge in [-0.2, -0.15) is 0 Å². The Morgan fingerprint density at radius 1 is 1.09 bits per heavy atom. The second kappa shape index (κ2) is 7.36. The van der Waals surface area contributed by atoms with Crippen molar-refractivity contribution in [3.8, 4) is 11.5 Å². The van der Waals surface area contributed by atoms with Crippen LogP contribution < -0.4 is 20.1 Å². The Morgan fingerprint density at radius 3 is 2.59 bits per heavy atom. The summed E-state index contributed by atoms with van der Waals surface area (Å²) in [7, 11) is 1.56. The monoisotopic (exact) mass is 300 g/mol. The van der Waals surface area contributed by atoms with Gasteiger partial charge >= 0.3 is 6.03 Å². The molecule has 0 spiro atoms. The maximum atomic E-state index is 11.8. The Kier molecular flexibility index (Phi) is 5.25. The number of amides is 2. The number of ether oxygens (including phenoxy) is 2. The Morgan fingerprint density at radius 2 is 1.86 bits per heavy atom. The summed E-state index contributed by atoms with van der Waals surface area (Å²) >= 11 is 0. The molecule has 2 aromatic rings. The standard InChI is InChI=1S/C17H20N2O3/c1-12-8-9-14(10-13(12)2)22-11-18-17(20)19-15-6-4-5-7-16(15)21-3/h4-10H,11H2,1-3H3,(H2,18,19,20). The maximum absolute atomic E-state index is 11.8. The summed E-state index contributed by atoms with van der Waals surface area (Å²) in [5, 5.41) is 5.35. The zero-order valence-corrected chi connectivity index (χ0v) is 13.0. The highest BCUT2D eigenvalue weighted by Gasteiger charge is 2.06. The molecule has 0 aliphatic heterocycles. The van der Waals surface area contributed by atoms with Crippen molar-refractivity contribution in [1.29, 1.82) is 0 Å². The van der Waals surface area contributed by atoms with Gasteiger partial charge in [0.2, 0.25) is 0 Å². The molecule has 0 saturated heterocycles. The molecule has 0 heterocycles. The third-order valence-corrected chi connectivity index (χ3v) is 3.31. The van der Waals surface area contributed by atoms with E-state index in [4.69, 9.17) is 9.47 Å². The first kappa shape index (κ1) is 15.7. The number of hydrogen-bond donors (Lipinski definition) is 2. The fraction of sp³-hybridized carbons (Fsp3) is 0.235. The van der Waals surface area contributed by atoms with Gasteiger partial charge in [-0.05, 0) is 49.2 Å². The molecular formula is C17H20N2O3. The van der Waals surface area contributed by atoms with E-state index >= 15 is 0 Å². The number of anilines is 1. The molecule has 2 amide bonds. The molecule has 0 bridgehead atoms. The van der Waals surface area contributed by atoms with Gasteiger partial charge in [0.15, 0.2) is 6.73 Å². The zero-order chi connectivity index (χ0) is 15.9. The largest absolute Gasteiger partial charge is 0.495 e. The van der Waals surface area contributed by atoms with E-state index in [0.29, 0.717) is 11.4 Å². The van der Waals surface area contributed by atoms with Crippen molar-refractivity contribution in [2.24, 2.45) is 0 Å². The molecule has 0 unspecified atom stereocenters. The number of methoxy groups -OCH3 is 1. The molecule has 0 radical (unpaired) electrons. The van der Waals surface area contributed by atoms with Gasteiger partial charge in [-0.1, -0.05) is 18.2 Å². The van der Waals surface area contributed by atoms with Crippen LogP contribution in [0.5, 0.6) is 11.5 Å². The Bertz CT molecular complexity index is 656. The number of nitrogens with one attached hydrogen (secondary N) is 2. The van der Waals surface area contributed by atoms with E-state index in [1.807, 2.05) is 44.2 Å². The first-order valence-corrected chi connectivity index (χ1v) is 6.98. The fourth-order valence-electron chi connectivity index (χ4n) is 1.90. The van der Waals surface area contributed by atoms with Crippen molar-refractivity contribution in [1.82, 2.24) is 5.32 Å². The summed E-state index contributed by atoms with van der Waals surface area (Å²) in [4.78, 5) is 11.8. The number of para-hydroxylation sites is 2. The highest BCUT2D eigenvalue weighted by molar-refractivity contribution is 5.90. The van der Waals surface area contributed by atoms with Crippen LogP contribution in [-0.4, -0.2) is 19.9 Å². The molecule has 5 heteroatoms. The second-order valence-electron chi connectivity index (χ2n) is 4.87. The molecule has 0 atom stereocenters. The molecule has 0 fully saturated rings. The van der Waals surface area contributed by atoms with Crippen molar-refractivity contribution < 1.29 is 14.3 Å². The van der Waals surface area contributed by atoms with E-state index in [-0.39, 0.29) is 12.8 Å². The van der Waals surface area contributed by atoms with Crippen molar-refractivity contribution in [2.75, 3.05) is 19.2 Å². The molecule has 5 nitrogen and oxygen atoms in total. The normalized spacial score (nSPS) is 9.95. The molecule has 2 aromatic carbocycles. The second-order valence-corrected chi connectivity index (χ2v) is 4.87. The predicted octanol–water partition coefficient (Wildman–Crippen LogP) is 3.47. The number of carbonyl (C=O) groups is 1. The Balaban J connectivity index is 1.84. The predicted molar refractivity (Wildman–Crippen MR) is 86.6 cm³/mol. The van der Waals surface area contributed by atoms with Gasteiger partial charge in [0.1, 0.15) is 11.5 Å². The van der Waals surface area contributed by atoms with E-state index in [1.165, 1.54) is 5.56 Å². The quantitative estimate of drug-likeness (QED) is 0.831. The van der Waals surface area contributed by atoms with Gasteiger partial charge in [-0.25, -0.2) is 4.79 Å². The third-order valence-electron chi connectivity index (χ3n) is 3.31. The van der Waals surface area contributed by atoms with E-state index in [0.717, 1.165) is 11.3 Å². The molecule has 0 saturated carbocycles. The van der Waals surface area contributed by atoms with Crippen LogP contribution in [0.15, 0.2) is 42.5 Å². The lowest BCUT2D eigenvalue weighted by molar-refractivity contribution is 0.234. The first-order valence-electron chi connectivity index (χ1n) is 6.98. The van der Waals surface area contributed by atoms with Gasteiger partial charge in [0.05, 0.1) is 12.8 Å². The minimum absolute atomic E-state index is 0.0868. The molecule has 22 heavy (non-hydrogen) atoms. The van der Waals surface area contributed by atoms with E-state index in [9.17, 15) is 4.79 Å². The molecule has 116 valence electrons. The Hall–Kier alpha value is -2.69. The average molecular weight is 300 g/mol. The first-order chi connectivity index (χ1) is 10.6. The molecular weight excluding hydrogens is 280 g/mol. The molecule has 2 rings (SSSR count). The van der Waals surface area contributed by atoms with Crippen LogP contribution in [0, 0.1) is 13.8 Å². The average Bonchev–Trinajstić information content (AvgIpc) is 2.51. The summed E-state index contributed by atoms with van der Waals surface area (Å²) in [6.45, 7) is 4.14. The fourth-order valence-corrected chi connectivity index (χ4v) is 1.90. The minimum atomic E-state index is -0.353. The van der Waals surface area contributed by atoms with Crippen molar-refractivity contribution in [2.45, 2.75) is 13.8 Å². The van der Waals surface area contributed by atoms with Crippen LogP contribution in [-0.2, 0) is 0 Å². The van der Waals surface area contributed by atoms with Gasteiger partial charge < -0.3 is 20.1 Å². The number of urea groups is 1. The highest BCUT2D eigenvalue weighted by Crippen LogP contribution is 2.22. The topological polar surface area (TPSA) is 59.6 Å². The number of hydrogen-bond acceptors (Lipinski definition) is 3. The smallest absolute Gasteiger partial charge is 0.321 e. The van der Waals surface area contributed by atoms with Gasteiger partial charge in [0, 0.05) is 0 Å². The summed E-state index contributed by atoms with van der Waals surface area (Å²) in [5.74, 6) is 1.33. The van der Waals surface area contributed by atoms with Crippen LogP contribution in [0.25, 0.3) is 0 Å². The van der Waals surface area contributed by atoms with E-state index in [2.05, 4.69) is 10.6 Å². The lowest BCUT2D eigenvalue weighted by atomic mass is 10.1. The number of rotatable bonds is 5. The summed E-state index contributed by atoms with van der Waals surface area (Å²) in [6.07, 6.45) is 0. The number of benzene rings is 2. The van der Waals surface area contributed by atoms with Crippen LogP contribution in [0.4, 0.5) is 10.5 Å². The third kappa shape index (κ3) is 4.15. The lowest BCUT2D eigenvalue weighted by Crippen LogP contribution is -2.32. The summed E-state index contributed by atoms with van der Waals surface area (Å²) in [5.41, 5.74) is 2.96. The Labute approximate surface area is 130 Å². The number of carbonyl (C=O) groups excluding carboxylic acids is 1. The van der Waals surface area contributed by atoms with Crippen molar-refractivity contribution in [3.05, 3.63) is 53.6 Å². The van der Waals surface area contributed by atoms with Crippen molar-refractivity contribution >= 4 is 11.7 Å². The van der Waals surface area contributed by atoms with Gasteiger partial charge in [-0.3, -0.25) is 0 Å². The van der Waals surface area contributed by atoms with Crippen LogP contribution in [0.3, 0.4) is 0 Å². The van der Waals surface area contributed by atoms with E-state index in [1.54, 1.807) is 19.2 Å². The molecule has 0 aliphatic rings. The van der Waals surface area contributed by atoms with Crippen molar-refractivity contribution in [3.63, 3.8) is 0 Å². The van der Waals surface area contributed by atoms with Gasteiger partial charge in [-0.15, -0.1) is 0 Å². The number of aryl methyl sites for hydroxylation is 2. The SMILES string of the molecule is COc1ccccc1NC(=O)NCOc1ccc(C)c(C)c1. The summed E-state index contributed by atoms with van der Waals surface area (Å²) < 4.78 is 10.7. The molecule has 0 aromatic heterocycles. The van der Waals surface area contributed by atoms with Gasteiger partial charge in [0.25, 0.3) is 0 Å². The lowest BCUT2D eigenvalue weighted by Gasteiger charge is -2.12. The van der Waals surface area contributed by atoms with Crippen LogP contribution in [0.2, 0.25) is 0 Å². The summed E-state index contributed by atoms with van der Waals surface area (Å²) in [6, 6.07) is 12.7. The zero-order valence-electron chi connectivity index (χ0n) is 13.0. The highest BCUT2D eigenvalue weighted by atomic mass is 16.5. The van der Waals surface area contributed by atoms with E-state index < -0.39 is 0 Å². The molecule has 0 aliphatic carbocycles. The van der Waals surface area contributed by atoms with Crippen LogP contribution in [0.1, 0.15) is 11.1 Å². The maximum Gasteiger partial charge on any atom is 0.321 e. The minimum Gasteiger partial charge on any atom is -0.495 e.